The highest BCUT2D eigenvalue weighted by atomic mass is 19.4. The van der Waals surface area contributed by atoms with Crippen molar-refractivity contribution in [2.45, 2.75) is 31.3 Å². The van der Waals surface area contributed by atoms with Crippen molar-refractivity contribution in [3.63, 3.8) is 0 Å². The maximum atomic E-state index is 13.5. The fraction of sp³-hybridized carbons (Fsp3) is 0.529. The first kappa shape index (κ1) is 22.8. The SMILES string of the molecule is NC1=NC(=O)C(O)[C@H](C(F)(F)F)C1=C(N)C1CCN(c2ccc(C(F)(F)F)nn2)CC1. The number of rotatable bonds is 2. The molecule has 1 fully saturated rings. The van der Waals surface area contributed by atoms with Crippen LogP contribution in [0.5, 0.6) is 0 Å². The van der Waals surface area contributed by atoms with Gasteiger partial charge in [-0.3, -0.25) is 4.79 Å². The smallest absolute Gasteiger partial charge is 0.401 e. The van der Waals surface area contributed by atoms with Crippen LogP contribution in [0.25, 0.3) is 0 Å². The first-order valence-electron chi connectivity index (χ1n) is 9.09. The van der Waals surface area contributed by atoms with Crippen molar-refractivity contribution in [3.8, 4) is 0 Å². The number of nitrogens with zero attached hydrogens (tertiary/aromatic N) is 4. The molecule has 3 heterocycles. The second-order valence-corrected chi connectivity index (χ2v) is 7.20. The first-order valence-corrected chi connectivity index (χ1v) is 9.09. The van der Waals surface area contributed by atoms with Crippen molar-refractivity contribution >= 4 is 17.6 Å². The summed E-state index contributed by atoms with van der Waals surface area (Å²) < 4.78 is 78.3. The van der Waals surface area contributed by atoms with Crippen LogP contribution in [0.2, 0.25) is 0 Å². The number of hydrogen-bond donors (Lipinski definition) is 3. The number of piperidine rings is 1. The number of aromatic nitrogens is 2. The number of aliphatic hydroxyl groups excluding tert-OH is 1. The molecule has 14 heteroatoms. The number of anilines is 1. The molecule has 0 aromatic carbocycles. The van der Waals surface area contributed by atoms with E-state index in [4.69, 9.17) is 11.5 Å². The molecule has 0 bridgehead atoms. The van der Waals surface area contributed by atoms with Gasteiger partial charge in [0.05, 0.1) is 0 Å². The summed E-state index contributed by atoms with van der Waals surface area (Å²) in [6.45, 7) is 0.460. The summed E-state index contributed by atoms with van der Waals surface area (Å²) in [6.07, 6.45) is -11.6. The molecular weight excluding hydrogens is 434 g/mol. The van der Waals surface area contributed by atoms with Crippen molar-refractivity contribution in [2.24, 2.45) is 28.3 Å². The van der Waals surface area contributed by atoms with Crippen LogP contribution in [0.15, 0.2) is 28.4 Å². The highest BCUT2D eigenvalue weighted by Gasteiger charge is 2.53. The second-order valence-electron chi connectivity index (χ2n) is 7.20. The van der Waals surface area contributed by atoms with Gasteiger partial charge in [-0.15, -0.1) is 10.2 Å². The average Bonchev–Trinajstić information content (AvgIpc) is 2.68. The number of carbonyl (C=O) groups excluding carboxylic acids is 1. The van der Waals surface area contributed by atoms with E-state index in [2.05, 4.69) is 15.2 Å². The van der Waals surface area contributed by atoms with Gasteiger partial charge in [-0.05, 0) is 25.0 Å². The van der Waals surface area contributed by atoms with Crippen molar-refractivity contribution in [3.05, 3.63) is 29.1 Å². The van der Waals surface area contributed by atoms with Gasteiger partial charge in [0.25, 0.3) is 5.91 Å². The van der Waals surface area contributed by atoms with Gasteiger partial charge < -0.3 is 21.5 Å². The van der Waals surface area contributed by atoms with E-state index >= 15 is 0 Å². The lowest BCUT2D eigenvalue weighted by atomic mass is 9.82. The number of nitrogens with two attached hydrogens (primary N) is 2. The number of hydrogen-bond acceptors (Lipinski definition) is 7. The number of aliphatic hydroxyl groups is 1. The Kier molecular flexibility index (Phi) is 5.86. The van der Waals surface area contributed by atoms with Gasteiger partial charge in [0.1, 0.15) is 11.8 Å². The summed E-state index contributed by atoms with van der Waals surface area (Å²) in [7, 11) is 0. The van der Waals surface area contributed by atoms with Crippen molar-refractivity contribution in [1.82, 2.24) is 10.2 Å². The molecule has 5 N–H and O–H groups in total. The lowest BCUT2D eigenvalue weighted by Gasteiger charge is -2.36. The summed E-state index contributed by atoms with van der Waals surface area (Å²) in [4.78, 5) is 16.4. The standard InChI is InChI=1S/C17H18F6N6O2/c18-16(19,20)8-1-2-9(28-27-8)29-5-3-7(4-6-29)12(24)10-11(17(21,22)23)13(30)15(31)26-14(10)25/h1-2,7,11,13,30H,3-6,24H2,(H2,25,26,31)/t11-,13?/m1/s1. The van der Waals surface area contributed by atoms with Gasteiger partial charge in [-0.1, -0.05) is 0 Å². The molecule has 31 heavy (non-hydrogen) atoms. The average molecular weight is 452 g/mol. The van der Waals surface area contributed by atoms with E-state index in [0.29, 0.717) is 0 Å². The normalized spacial score (nSPS) is 25.5. The second kappa shape index (κ2) is 7.98. The summed E-state index contributed by atoms with van der Waals surface area (Å²) in [6, 6.07) is 1.95. The van der Waals surface area contributed by atoms with Crippen LogP contribution in [0.4, 0.5) is 32.2 Å². The Balaban J connectivity index is 1.80. The zero-order valence-electron chi connectivity index (χ0n) is 15.8. The Bertz CT molecular complexity index is 903. The van der Waals surface area contributed by atoms with E-state index in [1.54, 1.807) is 4.90 Å². The summed E-state index contributed by atoms with van der Waals surface area (Å²) in [5, 5.41) is 16.5. The predicted octanol–water partition coefficient (Wildman–Crippen LogP) is 1.36. The van der Waals surface area contributed by atoms with Crippen LogP contribution in [0, 0.1) is 11.8 Å². The summed E-state index contributed by atoms with van der Waals surface area (Å²) in [5.41, 5.74) is 9.55. The van der Waals surface area contributed by atoms with E-state index in [0.717, 1.165) is 12.1 Å². The molecule has 3 rings (SSSR count). The minimum atomic E-state index is -4.98. The van der Waals surface area contributed by atoms with Gasteiger partial charge in [-0.2, -0.15) is 31.3 Å². The third-order valence-corrected chi connectivity index (χ3v) is 5.25. The molecule has 1 aromatic heterocycles. The Hall–Kier alpha value is -2.90. The van der Waals surface area contributed by atoms with E-state index in [-0.39, 0.29) is 37.4 Å². The molecule has 2 aliphatic rings. The quantitative estimate of drug-likeness (QED) is 0.578. The zero-order chi connectivity index (χ0) is 23.1. The van der Waals surface area contributed by atoms with Gasteiger partial charge in [0, 0.05) is 30.3 Å². The highest BCUT2D eigenvalue weighted by Crippen LogP contribution is 2.40. The molecule has 8 nitrogen and oxygen atoms in total. The molecule has 1 aromatic rings. The van der Waals surface area contributed by atoms with Gasteiger partial charge >= 0.3 is 12.4 Å². The van der Waals surface area contributed by atoms with Crippen LogP contribution in [-0.2, 0) is 11.0 Å². The topological polar surface area (TPSA) is 131 Å². The van der Waals surface area contributed by atoms with Crippen LogP contribution < -0.4 is 16.4 Å². The fourth-order valence-electron chi connectivity index (χ4n) is 3.66. The molecule has 2 atom stereocenters. The Morgan fingerprint density at radius 2 is 1.71 bits per heavy atom. The number of amides is 1. The molecular formula is C17H18F6N6O2. The molecule has 1 amide bonds. The van der Waals surface area contributed by atoms with Crippen molar-refractivity contribution in [2.75, 3.05) is 18.0 Å². The molecule has 0 radical (unpaired) electrons. The highest BCUT2D eigenvalue weighted by molar-refractivity contribution is 6.09. The molecule has 1 saturated heterocycles. The van der Waals surface area contributed by atoms with Crippen LogP contribution in [0.3, 0.4) is 0 Å². The molecule has 0 aliphatic carbocycles. The lowest BCUT2D eigenvalue weighted by Crippen LogP contribution is -2.49. The predicted molar refractivity (Wildman–Crippen MR) is 95.4 cm³/mol. The van der Waals surface area contributed by atoms with E-state index < -0.39 is 53.3 Å². The van der Waals surface area contributed by atoms with Gasteiger partial charge in [0.15, 0.2) is 17.6 Å². The van der Waals surface area contributed by atoms with Crippen LogP contribution >= 0.6 is 0 Å². The summed E-state index contributed by atoms with van der Waals surface area (Å²) >= 11 is 0. The lowest BCUT2D eigenvalue weighted by molar-refractivity contribution is -0.190. The number of halogens is 6. The molecule has 0 saturated carbocycles. The summed E-state index contributed by atoms with van der Waals surface area (Å²) in [5.74, 6) is -5.06. The van der Waals surface area contributed by atoms with Crippen LogP contribution in [0.1, 0.15) is 18.5 Å². The minimum Gasteiger partial charge on any atom is -0.401 e. The van der Waals surface area contributed by atoms with Crippen LogP contribution in [-0.4, -0.2) is 52.4 Å². The van der Waals surface area contributed by atoms with Gasteiger partial charge in [0.2, 0.25) is 0 Å². The van der Waals surface area contributed by atoms with Crippen molar-refractivity contribution in [1.29, 1.82) is 0 Å². The Labute approximate surface area is 171 Å². The third kappa shape index (κ3) is 4.57. The Morgan fingerprint density at radius 3 is 2.19 bits per heavy atom. The number of amidine groups is 1. The number of aliphatic imine (C=N–C) groups is 1. The molecule has 170 valence electrons. The van der Waals surface area contributed by atoms with E-state index in [9.17, 15) is 36.2 Å². The van der Waals surface area contributed by atoms with Crippen molar-refractivity contribution < 1.29 is 36.2 Å². The maximum Gasteiger partial charge on any atom is 0.435 e. The number of allylic oxidation sites excluding steroid dienone is 1. The molecule has 0 spiro atoms. The maximum absolute atomic E-state index is 13.5. The largest absolute Gasteiger partial charge is 0.435 e. The minimum absolute atomic E-state index is 0.186. The number of carbonyl (C=O) groups is 1. The van der Waals surface area contributed by atoms with E-state index in [1.165, 1.54) is 0 Å². The van der Waals surface area contributed by atoms with E-state index in [1.807, 2.05) is 0 Å². The number of alkyl halides is 6. The zero-order valence-corrected chi connectivity index (χ0v) is 15.8. The fourth-order valence-corrected chi connectivity index (χ4v) is 3.66. The van der Waals surface area contributed by atoms with Gasteiger partial charge in [-0.25, -0.2) is 0 Å². The molecule has 2 aliphatic heterocycles. The third-order valence-electron chi connectivity index (χ3n) is 5.25. The monoisotopic (exact) mass is 452 g/mol. The Morgan fingerprint density at radius 1 is 1.10 bits per heavy atom. The molecule has 1 unspecified atom stereocenters. The first-order chi connectivity index (χ1) is 14.3.